The Bertz CT molecular complexity index is 402. The summed E-state index contributed by atoms with van der Waals surface area (Å²) in [6.45, 7) is 4.53. The van der Waals surface area contributed by atoms with Gasteiger partial charge in [0, 0.05) is 6.21 Å². The lowest BCUT2D eigenvalue weighted by atomic mass is 10.1. The highest BCUT2D eigenvalue weighted by Crippen LogP contribution is 2.17. The number of fused-ring (bicyclic) bond motifs is 1. The molecule has 0 aliphatic carbocycles. The van der Waals surface area contributed by atoms with Crippen LogP contribution in [0.5, 0.6) is 0 Å². The van der Waals surface area contributed by atoms with Crippen molar-refractivity contribution in [1.29, 1.82) is 0 Å². The predicted octanol–water partition coefficient (Wildman–Crippen LogP) is 5.87. The zero-order valence-corrected chi connectivity index (χ0v) is 12.9. The van der Waals surface area contributed by atoms with Crippen LogP contribution < -0.4 is 5.43 Å². The normalized spacial score (nSPS) is 11.9. The van der Waals surface area contributed by atoms with E-state index in [0.29, 0.717) is 0 Å². The highest BCUT2D eigenvalue weighted by molar-refractivity contribution is 5.83. The number of nitrogens with zero attached hydrogens (tertiary/aromatic N) is 1. The summed E-state index contributed by atoms with van der Waals surface area (Å²) in [5.74, 6) is 0. The molecular formula is C18H28N2. The van der Waals surface area contributed by atoms with Gasteiger partial charge < -0.3 is 0 Å². The van der Waals surface area contributed by atoms with Gasteiger partial charge in [0.05, 0.1) is 5.69 Å². The van der Waals surface area contributed by atoms with Gasteiger partial charge in [-0.3, -0.25) is 5.43 Å². The molecule has 2 nitrogen and oxygen atoms in total. The minimum absolute atomic E-state index is 1.05. The molecule has 0 amide bonds. The quantitative estimate of drug-likeness (QED) is 0.644. The van der Waals surface area contributed by atoms with Gasteiger partial charge in [-0.2, -0.15) is 5.10 Å². The minimum atomic E-state index is 1.05. The molecule has 2 rings (SSSR count). The number of hydrazone groups is 1. The second-order valence-corrected chi connectivity index (χ2v) is 5.10. The molecule has 20 heavy (non-hydrogen) atoms. The maximum atomic E-state index is 3.95. The fraction of sp³-hybridized carbons (Fsp3) is 0.500. The Morgan fingerprint density at radius 3 is 2.25 bits per heavy atom. The average Bonchev–Trinajstić information content (AvgIpc) is 2.73. The Labute approximate surface area is 124 Å². The van der Waals surface area contributed by atoms with Crippen molar-refractivity contribution in [2.75, 3.05) is 5.43 Å². The van der Waals surface area contributed by atoms with E-state index in [1.807, 2.05) is 36.4 Å². The van der Waals surface area contributed by atoms with Crippen molar-refractivity contribution in [2.24, 2.45) is 5.10 Å². The third-order valence-corrected chi connectivity index (χ3v) is 3.29. The zero-order valence-electron chi connectivity index (χ0n) is 12.9. The average molecular weight is 272 g/mol. The molecule has 0 bridgehead atoms. The van der Waals surface area contributed by atoms with Crippen molar-refractivity contribution in [3.63, 3.8) is 0 Å². The van der Waals surface area contributed by atoms with Gasteiger partial charge in [-0.05, 0) is 17.7 Å². The molecule has 1 aliphatic heterocycles. The van der Waals surface area contributed by atoms with Gasteiger partial charge in [0.2, 0.25) is 0 Å². The van der Waals surface area contributed by atoms with Gasteiger partial charge in [-0.15, -0.1) is 0 Å². The molecule has 0 radical (unpaired) electrons. The van der Waals surface area contributed by atoms with Crippen LogP contribution in [0.15, 0.2) is 35.4 Å². The molecule has 0 saturated heterocycles. The predicted molar refractivity (Wildman–Crippen MR) is 91.3 cm³/mol. The summed E-state index contributed by atoms with van der Waals surface area (Å²) < 4.78 is 0. The largest absolute Gasteiger partial charge is 0.278 e. The van der Waals surface area contributed by atoms with Crippen molar-refractivity contribution in [3.05, 3.63) is 35.9 Å². The van der Waals surface area contributed by atoms with Crippen LogP contribution in [0.1, 0.15) is 64.4 Å². The molecule has 0 spiro atoms. The molecule has 2 heteroatoms. The van der Waals surface area contributed by atoms with Crippen LogP contribution >= 0.6 is 0 Å². The fourth-order valence-corrected chi connectivity index (χ4v) is 2.07. The summed E-state index contributed by atoms with van der Waals surface area (Å²) in [6.07, 6.45) is 15.7. The molecule has 0 fully saturated rings. The number of hydrogen-bond donors (Lipinski definition) is 1. The Morgan fingerprint density at radius 2 is 1.55 bits per heavy atom. The van der Waals surface area contributed by atoms with Crippen molar-refractivity contribution >= 4 is 18.0 Å². The van der Waals surface area contributed by atoms with Crippen LogP contribution in [0.4, 0.5) is 5.69 Å². The summed E-state index contributed by atoms with van der Waals surface area (Å²) >= 11 is 0. The first-order valence-corrected chi connectivity index (χ1v) is 7.93. The molecule has 1 aromatic carbocycles. The molecule has 0 aromatic heterocycles. The highest BCUT2D eigenvalue weighted by Gasteiger charge is 1.96. The standard InChI is InChI=1S/C9H8N2.C9H20/c1-2-6-9-8(4-1)5-3-7-10-11-9;1-3-5-7-9-8-6-4-2/h1-7,11H;3-9H2,1-2H3. The molecular weight excluding hydrogens is 244 g/mol. The summed E-state index contributed by atoms with van der Waals surface area (Å²) in [7, 11) is 0. The number of nitrogens with one attached hydrogen (secondary N) is 1. The molecule has 1 N–H and O–H groups in total. The molecule has 110 valence electrons. The first kappa shape index (κ1) is 16.5. The van der Waals surface area contributed by atoms with Crippen molar-refractivity contribution in [1.82, 2.24) is 0 Å². The van der Waals surface area contributed by atoms with Crippen molar-refractivity contribution in [3.8, 4) is 0 Å². The Kier molecular flexibility index (Phi) is 9.29. The van der Waals surface area contributed by atoms with Gasteiger partial charge in [-0.1, -0.05) is 83.1 Å². The third kappa shape index (κ3) is 7.13. The van der Waals surface area contributed by atoms with Crippen molar-refractivity contribution < 1.29 is 0 Å². The molecule has 1 aliphatic rings. The SMILES string of the molecule is C1=Cc2ccccc2NN=C1.CCCCCCCCC. The molecule has 0 saturated carbocycles. The lowest BCUT2D eigenvalue weighted by molar-refractivity contribution is 0.602. The van der Waals surface area contributed by atoms with Crippen LogP contribution in [0.2, 0.25) is 0 Å². The van der Waals surface area contributed by atoms with E-state index in [1.165, 1.54) is 50.5 Å². The number of anilines is 1. The first-order chi connectivity index (χ1) is 9.88. The number of rotatable bonds is 6. The van der Waals surface area contributed by atoms with E-state index in [4.69, 9.17) is 0 Å². The van der Waals surface area contributed by atoms with Gasteiger partial charge in [0.1, 0.15) is 0 Å². The van der Waals surface area contributed by atoms with Gasteiger partial charge in [0.15, 0.2) is 0 Å². The van der Waals surface area contributed by atoms with Gasteiger partial charge in [0.25, 0.3) is 0 Å². The topological polar surface area (TPSA) is 24.4 Å². The number of unbranched alkanes of at least 4 members (excludes halogenated alkanes) is 6. The summed E-state index contributed by atoms with van der Waals surface area (Å²) in [6, 6.07) is 8.05. The summed E-state index contributed by atoms with van der Waals surface area (Å²) in [4.78, 5) is 0. The number of para-hydroxylation sites is 1. The monoisotopic (exact) mass is 272 g/mol. The van der Waals surface area contributed by atoms with Crippen LogP contribution in [0.25, 0.3) is 6.08 Å². The van der Waals surface area contributed by atoms with Crippen LogP contribution in [-0.2, 0) is 0 Å². The fourth-order valence-electron chi connectivity index (χ4n) is 2.07. The maximum Gasteiger partial charge on any atom is 0.0634 e. The van der Waals surface area contributed by atoms with E-state index < -0.39 is 0 Å². The molecule has 1 heterocycles. The second kappa shape index (κ2) is 11.3. The molecule has 1 aromatic rings. The summed E-state index contributed by atoms with van der Waals surface area (Å²) in [5.41, 5.74) is 5.16. The smallest absolute Gasteiger partial charge is 0.0634 e. The highest BCUT2D eigenvalue weighted by atomic mass is 15.3. The number of benzene rings is 1. The Balaban J connectivity index is 0.000000206. The lowest BCUT2D eigenvalue weighted by Crippen LogP contribution is -1.87. The zero-order chi connectivity index (χ0) is 14.5. The second-order valence-electron chi connectivity index (χ2n) is 5.10. The molecule has 0 atom stereocenters. The van der Waals surface area contributed by atoms with Gasteiger partial charge in [-0.25, -0.2) is 0 Å². The van der Waals surface area contributed by atoms with Crippen molar-refractivity contribution in [2.45, 2.75) is 58.8 Å². The van der Waals surface area contributed by atoms with Gasteiger partial charge >= 0.3 is 0 Å². The van der Waals surface area contributed by atoms with E-state index in [-0.39, 0.29) is 0 Å². The van der Waals surface area contributed by atoms with E-state index in [2.05, 4.69) is 24.4 Å². The van der Waals surface area contributed by atoms with Crippen LogP contribution in [-0.4, -0.2) is 6.21 Å². The third-order valence-electron chi connectivity index (χ3n) is 3.29. The van der Waals surface area contributed by atoms with E-state index in [0.717, 1.165) is 5.69 Å². The molecule has 0 unspecified atom stereocenters. The van der Waals surface area contributed by atoms with Crippen LogP contribution in [0, 0.1) is 0 Å². The minimum Gasteiger partial charge on any atom is -0.278 e. The van der Waals surface area contributed by atoms with E-state index >= 15 is 0 Å². The number of allylic oxidation sites excluding steroid dienone is 1. The van der Waals surface area contributed by atoms with E-state index in [1.54, 1.807) is 6.21 Å². The van der Waals surface area contributed by atoms with E-state index in [9.17, 15) is 0 Å². The maximum absolute atomic E-state index is 3.95. The first-order valence-electron chi connectivity index (χ1n) is 7.93. The summed E-state index contributed by atoms with van der Waals surface area (Å²) in [5, 5.41) is 3.95. The lowest BCUT2D eigenvalue weighted by Gasteiger charge is -2.00. The Morgan fingerprint density at radius 1 is 0.900 bits per heavy atom. The van der Waals surface area contributed by atoms with Crippen LogP contribution in [0.3, 0.4) is 0 Å². The Hall–Kier alpha value is -1.57. The number of hydrogen-bond acceptors (Lipinski definition) is 2.